The molecule has 4 heteroatoms. The Labute approximate surface area is 57.9 Å². The van der Waals surface area contributed by atoms with Crippen LogP contribution in [-0.2, 0) is 11.1 Å². The molecule has 3 N–H and O–H groups in total. The van der Waals surface area contributed by atoms with Crippen molar-refractivity contribution in [2.75, 3.05) is 0 Å². The zero-order valence-corrected chi connectivity index (χ0v) is 6.52. The van der Waals surface area contributed by atoms with Gasteiger partial charge in [0.1, 0.15) is 5.37 Å². The molecule has 0 aromatic heterocycles. The van der Waals surface area contributed by atoms with E-state index in [4.69, 9.17) is 10.3 Å². The maximum Gasteiger partial charge on any atom is 0.170 e. The quantitative estimate of drug-likeness (QED) is 0.579. The van der Waals surface area contributed by atoms with E-state index < -0.39 is 16.5 Å². The summed E-state index contributed by atoms with van der Waals surface area (Å²) in [4.78, 5) is 0. The summed E-state index contributed by atoms with van der Waals surface area (Å²) < 4.78 is 18.8. The molecule has 56 valence electrons. The van der Waals surface area contributed by atoms with Gasteiger partial charge < -0.3 is 10.3 Å². The molecule has 9 heavy (non-hydrogen) atoms. The fourth-order valence-corrected chi connectivity index (χ4v) is 1.02. The van der Waals surface area contributed by atoms with Crippen LogP contribution in [0.4, 0.5) is 0 Å². The van der Waals surface area contributed by atoms with Crippen LogP contribution in [0.2, 0.25) is 0 Å². The zero-order valence-electron chi connectivity index (χ0n) is 5.70. The summed E-state index contributed by atoms with van der Waals surface area (Å²) in [5.74, 6) is 0.121. The molecule has 0 saturated carbocycles. The van der Waals surface area contributed by atoms with E-state index >= 15 is 0 Å². The molecule has 0 aromatic rings. The highest BCUT2D eigenvalue weighted by Crippen LogP contribution is 2.06. The van der Waals surface area contributed by atoms with Crippen molar-refractivity contribution in [1.29, 1.82) is 0 Å². The molecule has 3 unspecified atom stereocenters. The Morgan fingerprint density at radius 3 is 2.33 bits per heavy atom. The van der Waals surface area contributed by atoms with E-state index in [1.165, 1.54) is 0 Å². The van der Waals surface area contributed by atoms with E-state index in [1.807, 2.05) is 13.8 Å². The molecule has 0 aliphatic rings. The maximum atomic E-state index is 10.3. The highest BCUT2D eigenvalue weighted by Gasteiger charge is 2.15. The van der Waals surface area contributed by atoms with Crippen molar-refractivity contribution in [2.45, 2.75) is 25.6 Å². The molecular formula is C5H13NO2S. The molecule has 0 aromatic carbocycles. The maximum absolute atomic E-state index is 10.3. The minimum atomic E-state index is -1.86. The Balaban J connectivity index is 3.72. The molecule has 0 saturated heterocycles. The van der Waals surface area contributed by atoms with Crippen LogP contribution in [0.25, 0.3) is 0 Å². The summed E-state index contributed by atoms with van der Waals surface area (Å²) in [7, 11) is 0. The molecule has 0 radical (unpaired) electrons. The van der Waals surface area contributed by atoms with Crippen molar-refractivity contribution in [3.63, 3.8) is 0 Å². The number of rotatable bonds is 3. The van der Waals surface area contributed by atoms with E-state index in [9.17, 15) is 4.21 Å². The second-order valence-corrected chi connectivity index (χ2v) is 3.22. The Hall–Kier alpha value is 0.0700. The normalized spacial score (nSPS) is 20.9. The first kappa shape index (κ1) is 9.07. The summed E-state index contributed by atoms with van der Waals surface area (Å²) in [6.07, 6.45) is 0.841. The number of hydrogen-bond donors (Lipinski definition) is 2. The van der Waals surface area contributed by atoms with Gasteiger partial charge in [0.2, 0.25) is 0 Å². The zero-order chi connectivity index (χ0) is 7.44. The van der Waals surface area contributed by atoms with Crippen LogP contribution < -0.4 is 5.73 Å². The molecule has 0 aliphatic carbocycles. The van der Waals surface area contributed by atoms with Gasteiger partial charge in [-0.15, -0.1) is 0 Å². The van der Waals surface area contributed by atoms with Gasteiger partial charge in [-0.05, 0) is 5.92 Å². The van der Waals surface area contributed by atoms with Gasteiger partial charge in [-0.1, -0.05) is 20.3 Å². The van der Waals surface area contributed by atoms with E-state index in [0.717, 1.165) is 6.42 Å². The van der Waals surface area contributed by atoms with Crippen LogP contribution in [0.3, 0.4) is 0 Å². The Bertz CT molecular complexity index is 107. The Morgan fingerprint density at radius 1 is 1.78 bits per heavy atom. The Kier molecular flexibility index (Phi) is 4.01. The minimum Gasteiger partial charge on any atom is -0.315 e. The molecule has 0 rings (SSSR count). The monoisotopic (exact) mass is 151 g/mol. The van der Waals surface area contributed by atoms with Crippen LogP contribution in [-0.4, -0.2) is 14.1 Å². The van der Waals surface area contributed by atoms with Gasteiger partial charge in [0, 0.05) is 0 Å². The lowest BCUT2D eigenvalue weighted by Gasteiger charge is -2.12. The van der Waals surface area contributed by atoms with E-state index in [-0.39, 0.29) is 5.92 Å². The first-order chi connectivity index (χ1) is 4.09. The molecule has 0 aliphatic heterocycles. The van der Waals surface area contributed by atoms with Crippen molar-refractivity contribution in [3.05, 3.63) is 0 Å². The molecule has 0 heterocycles. The topological polar surface area (TPSA) is 63.3 Å². The van der Waals surface area contributed by atoms with Gasteiger partial charge in [-0.3, -0.25) is 0 Å². The number of hydrogen-bond acceptors (Lipinski definition) is 2. The third kappa shape index (κ3) is 2.93. The van der Waals surface area contributed by atoms with Gasteiger partial charge in [-0.2, -0.15) is 0 Å². The van der Waals surface area contributed by atoms with E-state index in [2.05, 4.69) is 0 Å². The van der Waals surface area contributed by atoms with Crippen LogP contribution in [0, 0.1) is 5.92 Å². The summed E-state index contributed by atoms with van der Waals surface area (Å²) in [5, 5.41) is -0.588. The van der Waals surface area contributed by atoms with Crippen molar-refractivity contribution in [2.24, 2.45) is 11.7 Å². The third-order valence-corrected chi connectivity index (χ3v) is 2.37. The molecule has 0 fully saturated rings. The summed E-state index contributed by atoms with van der Waals surface area (Å²) in [6, 6.07) is 0. The van der Waals surface area contributed by atoms with Crippen molar-refractivity contribution < 1.29 is 8.76 Å². The molecular weight excluding hydrogens is 138 g/mol. The first-order valence-corrected chi connectivity index (χ1v) is 4.11. The molecule has 0 spiro atoms. The Morgan fingerprint density at radius 2 is 2.22 bits per heavy atom. The summed E-state index contributed by atoms with van der Waals surface area (Å²) in [6.45, 7) is 3.80. The molecule has 3 nitrogen and oxygen atoms in total. The lowest BCUT2D eigenvalue weighted by atomic mass is 10.1. The predicted molar refractivity (Wildman–Crippen MR) is 38.2 cm³/mol. The second kappa shape index (κ2) is 3.98. The van der Waals surface area contributed by atoms with Crippen molar-refractivity contribution in [3.8, 4) is 0 Å². The second-order valence-electron chi connectivity index (χ2n) is 2.13. The third-order valence-electron chi connectivity index (χ3n) is 1.44. The molecule has 0 amide bonds. The average molecular weight is 151 g/mol. The standard InChI is InChI=1S/C5H13NO2S/c1-3-4(2)5(6)9(7)8/h4-5H,3,6H2,1-2H3,(H,7,8). The average Bonchev–Trinajstić information content (AvgIpc) is 1.84. The van der Waals surface area contributed by atoms with E-state index in [0.29, 0.717) is 0 Å². The van der Waals surface area contributed by atoms with Crippen molar-refractivity contribution in [1.82, 2.24) is 0 Å². The summed E-state index contributed by atoms with van der Waals surface area (Å²) >= 11 is -1.86. The fourth-order valence-electron chi connectivity index (χ4n) is 0.431. The lowest BCUT2D eigenvalue weighted by Crippen LogP contribution is -2.32. The smallest absolute Gasteiger partial charge is 0.170 e. The van der Waals surface area contributed by atoms with Gasteiger partial charge in [0.25, 0.3) is 0 Å². The lowest BCUT2D eigenvalue weighted by molar-refractivity contribution is 0.483. The van der Waals surface area contributed by atoms with E-state index in [1.54, 1.807) is 0 Å². The van der Waals surface area contributed by atoms with Gasteiger partial charge in [-0.25, -0.2) is 4.21 Å². The molecule has 3 atom stereocenters. The highest BCUT2D eigenvalue weighted by atomic mass is 32.2. The van der Waals surface area contributed by atoms with Crippen LogP contribution >= 0.6 is 0 Å². The fraction of sp³-hybridized carbons (Fsp3) is 1.00. The van der Waals surface area contributed by atoms with Gasteiger partial charge in [0.05, 0.1) is 0 Å². The van der Waals surface area contributed by atoms with Crippen molar-refractivity contribution >= 4 is 11.1 Å². The highest BCUT2D eigenvalue weighted by molar-refractivity contribution is 7.79. The molecule has 0 bridgehead atoms. The van der Waals surface area contributed by atoms with Crippen LogP contribution in [0.5, 0.6) is 0 Å². The summed E-state index contributed by atoms with van der Waals surface area (Å²) in [5.41, 5.74) is 5.32. The van der Waals surface area contributed by atoms with Crippen LogP contribution in [0.15, 0.2) is 0 Å². The van der Waals surface area contributed by atoms with Crippen LogP contribution in [0.1, 0.15) is 20.3 Å². The largest absolute Gasteiger partial charge is 0.315 e. The van der Waals surface area contributed by atoms with Gasteiger partial charge >= 0.3 is 0 Å². The minimum absolute atomic E-state index is 0.121. The predicted octanol–water partition coefficient (Wildman–Crippen LogP) is 0.539. The SMILES string of the molecule is CCC(C)C(N)S(=O)O. The first-order valence-electron chi connectivity index (χ1n) is 2.94. The number of nitrogens with two attached hydrogens (primary N) is 1. The van der Waals surface area contributed by atoms with Gasteiger partial charge in [0.15, 0.2) is 11.1 Å².